The minimum atomic E-state index is -0.720. The third kappa shape index (κ3) is 5.56. The largest absolute Gasteiger partial charge is 0.374 e. The smallest absolute Gasteiger partial charge is 0.253 e. The van der Waals surface area contributed by atoms with Gasteiger partial charge >= 0.3 is 0 Å². The van der Waals surface area contributed by atoms with E-state index in [1.165, 1.54) is 5.56 Å². The lowest BCUT2D eigenvalue weighted by molar-refractivity contribution is 0.0713. The third-order valence-electron chi connectivity index (χ3n) is 7.11. The predicted molar refractivity (Wildman–Crippen MR) is 139 cm³/mol. The van der Waals surface area contributed by atoms with Crippen molar-refractivity contribution >= 4 is 17.4 Å². The molecule has 1 aromatic heterocycles. The molecule has 1 aliphatic carbocycles. The number of carbonyl (C=O) groups is 1. The fourth-order valence-corrected chi connectivity index (χ4v) is 4.71. The highest BCUT2D eigenvalue weighted by Crippen LogP contribution is 2.30. The number of aryl methyl sites for hydroxylation is 1. The van der Waals surface area contributed by atoms with Crippen LogP contribution in [0.1, 0.15) is 70.4 Å². The van der Waals surface area contributed by atoms with E-state index in [4.69, 9.17) is 5.26 Å². The lowest BCUT2D eigenvalue weighted by Crippen LogP contribution is -2.37. The highest BCUT2D eigenvalue weighted by molar-refractivity contribution is 5.95. The quantitative estimate of drug-likeness (QED) is 0.420. The first kappa shape index (κ1) is 24.0. The minimum Gasteiger partial charge on any atom is -0.374 e. The Bertz CT molecular complexity index is 1270. The second-order valence-corrected chi connectivity index (χ2v) is 9.77. The molecular formula is C29H31N5O2. The molecule has 7 nitrogen and oxygen atoms in total. The number of pyridine rings is 1. The molecule has 1 unspecified atom stereocenters. The maximum atomic E-state index is 13.3. The molecular weight excluding hydrogens is 450 g/mol. The number of hydrogen-bond donors (Lipinski definition) is 3. The van der Waals surface area contributed by atoms with Crippen LogP contribution in [0.25, 0.3) is 0 Å². The number of aliphatic hydroxyl groups is 1. The molecule has 0 radical (unpaired) electrons. The summed E-state index contributed by atoms with van der Waals surface area (Å²) < 4.78 is 0. The van der Waals surface area contributed by atoms with Crippen LogP contribution in [0.2, 0.25) is 0 Å². The number of carbonyl (C=O) groups excluding carboxylic acids is 1. The monoisotopic (exact) mass is 481 g/mol. The normalized spacial score (nSPS) is 16.9. The van der Waals surface area contributed by atoms with E-state index in [1.807, 2.05) is 60.4 Å². The van der Waals surface area contributed by atoms with Gasteiger partial charge in [-0.15, -0.1) is 0 Å². The highest BCUT2D eigenvalue weighted by atomic mass is 16.3. The summed E-state index contributed by atoms with van der Waals surface area (Å²) in [5, 5.41) is 26.0. The van der Waals surface area contributed by atoms with Crippen molar-refractivity contribution in [2.24, 2.45) is 0 Å². The molecule has 1 aliphatic heterocycles. The number of amides is 1. The van der Waals surface area contributed by atoms with Crippen molar-refractivity contribution in [3.8, 4) is 6.07 Å². The van der Waals surface area contributed by atoms with Gasteiger partial charge < -0.3 is 15.3 Å². The van der Waals surface area contributed by atoms with E-state index >= 15 is 0 Å². The summed E-state index contributed by atoms with van der Waals surface area (Å²) in [5.74, 6) is 1.06. The minimum absolute atomic E-state index is 0.0297. The number of nitriles is 1. The van der Waals surface area contributed by atoms with Crippen LogP contribution >= 0.6 is 0 Å². The third-order valence-corrected chi connectivity index (χ3v) is 7.11. The van der Waals surface area contributed by atoms with Crippen LogP contribution < -0.4 is 10.6 Å². The van der Waals surface area contributed by atoms with Crippen molar-refractivity contribution in [3.05, 3.63) is 88.6 Å². The topological polar surface area (TPSA) is 101 Å². The van der Waals surface area contributed by atoms with E-state index in [0.29, 0.717) is 42.0 Å². The lowest BCUT2D eigenvalue weighted by atomic mass is 9.89. The number of aliphatic hydroxyl groups excluding tert-OH is 1. The number of likely N-dealkylation sites (tertiary alicyclic amines) is 1. The van der Waals surface area contributed by atoms with Crippen molar-refractivity contribution in [1.29, 1.82) is 5.26 Å². The van der Waals surface area contributed by atoms with Crippen LogP contribution in [0.3, 0.4) is 0 Å². The summed E-state index contributed by atoms with van der Waals surface area (Å²) in [6.45, 7) is 3.40. The summed E-state index contributed by atoms with van der Waals surface area (Å²) in [5.41, 5.74) is 5.14. The number of aromatic nitrogens is 1. The molecule has 7 heteroatoms. The molecule has 3 aromatic rings. The number of nitrogens with zero attached hydrogens (tertiary/aromatic N) is 3. The Balaban J connectivity index is 1.24. The van der Waals surface area contributed by atoms with Gasteiger partial charge in [0.05, 0.1) is 11.6 Å². The Morgan fingerprint density at radius 3 is 2.53 bits per heavy atom. The van der Waals surface area contributed by atoms with Crippen molar-refractivity contribution in [3.63, 3.8) is 0 Å². The molecule has 1 saturated heterocycles. The Morgan fingerprint density at radius 2 is 1.83 bits per heavy atom. The summed E-state index contributed by atoms with van der Waals surface area (Å²) in [6.07, 6.45) is 4.96. The average Bonchev–Trinajstić information content (AvgIpc) is 3.74. The van der Waals surface area contributed by atoms with E-state index in [2.05, 4.69) is 21.7 Å². The molecule has 2 fully saturated rings. The van der Waals surface area contributed by atoms with Gasteiger partial charge in [0.1, 0.15) is 12.0 Å². The molecule has 2 heterocycles. The standard InChI is InChI=1S/C29H31N5O2/c1-19-2-5-24(16-26(19)33-27-17-23(10-13-31-27)28(35)32-25-8-9-25)29(36)34-14-11-22(12-15-34)21-6-3-20(18-30)4-7-21/h2-7,10,13,16-17,22,25,28,32,35H,8-9,11-12,14-15H2,1H3,(H,31,33). The number of rotatable bonds is 7. The molecule has 2 aromatic carbocycles. The van der Waals surface area contributed by atoms with E-state index in [9.17, 15) is 9.90 Å². The number of hydrogen-bond acceptors (Lipinski definition) is 6. The van der Waals surface area contributed by atoms with Gasteiger partial charge in [0.15, 0.2) is 0 Å². The molecule has 1 saturated carbocycles. The summed E-state index contributed by atoms with van der Waals surface area (Å²) in [7, 11) is 0. The van der Waals surface area contributed by atoms with E-state index in [0.717, 1.165) is 42.5 Å². The number of anilines is 2. The number of nitrogens with one attached hydrogen (secondary N) is 2. The Morgan fingerprint density at radius 1 is 1.08 bits per heavy atom. The first-order valence-electron chi connectivity index (χ1n) is 12.6. The molecule has 0 bridgehead atoms. The van der Waals surface area contributed by atoms with Gasteiger partial charge in [0, 0.05) is 42.1 Å². The van der Waals surface area contributed by atoms with Crippen LogP contribution in [-0.4, -0.2) is 40.0 Å². The summed E-state index contributed by atoms with van der Waals surface area (Å²) >= 11 is 0. The van der Waals surface area contributed by atoms with Crippen molar-refractivity contribution in [2.75, 3.05) is 18.4 Å². The Hall–Kier alpha value is -3.73. The molecule has 0 spiro atoms. The molecule has 2 aliphatic rings. The van der Waals surface area contributed by atoms with E-state index in [1.54, 1.807) is 12.3 Å². The van der Waals surface area contributed by atoms with Gasteiger partial charge in [-0.3, -0.25) is 10.1 Å². The fourth-order valence-electron chi connectivity index (χ4n) is 4.71. The Kier molecular flexibility index (Phi) is 6.99. The van der Waals surface area contributed by atoms with E-state index in [-0.39, 0.29) is 5.91 Å². The van der Waals surface area contributed by atoms with Gasteiger partial charge in [-0.25, -0.2) is 4.98 Å². The second-order valence-electron chi connectivity index (χ2n) is 9.77. The molecule has 184 valence electrons. The van der Waals surface area contributed by atoms with Gasteiger partial charge in [0.25, 0.3) is 5.91 Å². The number of piperidine rings is 1. The summed E-state index contributed by atoms with van der Waals surface area (Å²) in [4.78, 5) is 19.6. The zero-order chi connectivity index (χ0) is 25.1. The SMILES string of the molecule is Cc1ccc(C(=O)N2CCC(c3ccc(C#N)cc3)CC2)cc1Nc1cc(C(O)NC2CC2)ccn1. The highest BCUT2D eigenvalue weighted by Gasteiger charge is 2.26. The zero-order valence-electron chi connectivity index (χ0n) is 20.4. The van der Waals surface area contributed by atoms with Gasteiger partial charge in [0.2, 0.25) is 0 Å². The fraction of sp³-hybridized carbons (Fsp3) is 0.345. The predicted octanol–water partition coefficient (Wildman–Crippen LogP) is 4.77. The average molecular weight is 482 g/mol. The first-order chi connectivity index (χ1) is 17.5. The molecule has 1 amide bonds. The van der Waals surface area contributed by atoms with Crippen molar-refractivity contribution in [1.82, 2.24) is 15.2 Å². The molecule has 1 atom stereocenters. The van der Waals surface area contributed by atoms with Crippen molar-refractivity contribution in [2.45, 2.75) is 50.8 Å². The molecule has 3 N–H and O–H groups in total. The number of benzene rings is 2. The second kappa shape index (κ2) is 10.5. The Labute approximate surface area is 211 Å². The van der Waals surface area contributed by atoms with Crippen molar-refractivity contribution < 1.29 is 9.90 Å². The van der Waals surface area contributed by atoms with Crippen LogP contribution in [0, 0.1) is 18.3 Å². The summed E-state index contributed by atoms with van der Waals surface area (Å²) in [6, 6.07) is 19.7. The first-order valence-corrected chi connectivity index (χ1v) is 12.6. The van der Waals surface area contributed by atoms with Crippen LogP contribution in [0.4, 0.5) is 11.5 Å². The van der Waals surface area contributed by atoms with Crippen LogP contribution in [0.5, 0.6) is 0 Å². The maximum Gasteiger partial charge on any atom is 0.253 e. The van der Waals surface area contributed by atoms with Gasteiger partial charge in [-0.05, 0) is 86.1 Å². The van der Waals surface area contributed by atoms with E-state index < -0.39 is 6.23 Å². The van der Waals surface area contributed by atoms with Crippen LogP contribution in [0.15, 0.2) is 60.8 Å². The molecule has 5 rings (SSSR count). The molecule has 36 heavy (non-hydrogen) atoms. The lowest BCUT2D eigenvalue weighted by Gasteiger charge is -2.32. The zero-order valence-corrected chi connectivity index (χ0v) is 20.4. The van der Waals surface area contributed by atoms with Crippen LogP contribution in [-0.2, 0) is 0 Å². The van der Waals surface area contributed by atoms with Gasteiger partial charge in [-0.2, -0.15) is 5.26 Å². The van der Waals surface area contributed by atoms with Gasteiger partial charge in [-0.1, -0.05) is 18.2 Å². The maximum absolute atomic E-state index is 13.3.